The molecule has 1 unspecified atom stereocenters. The first-order valence-electron chi connectivity index (χ1n) is 6.04. The van der Waals surface area contributed by atoms with Gasteiger partial charge in [-0.3, -0.25) is 4.79 Å². The zero-order valence-corrected chi connectivity index (χ0v) is 11.0. The summed E-state index contributed by atoms with van der Waals surface area (Å²) in [6.07, 6.45) is 1.39. The van der Waals surface area contributed by atoms with Crippen LogP contribution in [0.25, 0.3) is 11.1 Å². The summed E-state index contributed by atoms with van der Waals surface area (Å²) in [5, 5.41) is 16.6. The number of carboxylic acids is 1. The van der Waals surface area contributed by atoms with Crippen LogP contribution in [-0.4, -0.2) is 32.2 Å². The van der Waals surface area contributed by atoms with Crippen LogP contribution in [0.5, 0.6) is 0 Å². The lowest BCUT2D eigenvalue weighted by Gasteiger charge is -2.21. The van der Waals surface area contributed by atoms with Crippen LogP contribution in [0.1, 0.15) is 26.0 Å². The third-order valence-electron chi connectivity index (χ3n) is 2.96. The molecule has 2 aromatic rings. The molecule has 2 rings (SSSR count). The summed E-state index contributed by atoms with van der Waals surface area (Å²) in [7, 11) is 0. The van der Waals surface area contributed by atoms with Crippen molar-refractivity contribution >= 4 is 22.9 Å². The highest BCUT2D eigenvalue weighted by molar-refractivity contribution is 5.87. The predicted octanol–water partition coefficient (Wildman–Crippen LogP) is 1.84. The number of carbonyl (C=O) groups is 1. The maximum atomic E-state index is 10.9. The highest BCUT2D eigenvalue weighted by atomic mass is 16.5. The molecule has 7 heteroatoms. The zero-order chi connectivity index (χ0) is 14.0. The summed E-state index contributed by atoms with van der Waals surface area (Å²) >= 11 is 0. The Hall–Kier alpha value is -2.18. The van der Waals surface area contributed by atoms with Gasteiger partial charge in [-0.2, -0.15) is 4.98 Å². The van der Waals surface area contributed by atoms with Gasteiger partial charge in [-0.25, -0.2) is 4.98 Å². The van der Waals surface area contributed by atoms with E-state index in [2.05, 4.69) is 20.4 Å². The monoisotopic (exact) mass is 264 g/mol. The Kier molecular flexibility index (Phi) is 3.64. The molecule has 2 heterocycles. The minimum atomic E-state index is -0.849. The van der Waals surface area contributed by atoms with E-state index in [4.69, 9.17) is 9.63 Å². The number of nitrogens with one attached hydrogen (secondary N) is 1. The van der Waals surface area contributed by atoms with Gasteiger partial charge < -0.3 is 14.9 Å². The minimum absolute atomic E-state index is 0.0213. The molecule has 0 aliphatic carbocycles. The number of aryl methyl sites for hydroxylation is 1. The summed E-state index contributed by atoms with van der Waals surface area (Å²) in [6.45, 7) is 5.71. The summed E-state index contributed by atoms with van der Waals surface area (Å²) in [5.41, 5.74) is 1.07. The Labute approximate surface area is 110 Å². The first-order chi connectivity index (χ1) is 8.99. The largest absolute Gasteiger partial charge is 0.481 e. The van der Waals surface area contributed by atoms with Gasteiger partial charge in [0.2, 0.25) is 0 Å². The molecule has 0 amide bonds. The Morgan fingerprint density at radius 2 is 2.21 bits per heavy atom. The smallest absolute Gasteiger partial charge is 0.305 e. The number of fused-ring (bicyclic) bond motifs is 1. The quantitative estimate of drug-likeness (QED) is 0.849. The van der Waals surface area contributed by atoms with E-state index in [0.717, 1.165) is 0 Å². The first kappa shape index (κ1) is 13.3. The van der Waals surface area contributed by atoms with Gasteiger partial charge >= 0.3 is 5.97 Å². The second-order valence-corrected chi connectivity index (χ2v) is 4.76. The predicted molar refractivity (Wildman–Crippen MR) is 68.8 cm³/mol. The SMILES string of the molecule is Cc1noc2ncnc(NC(CC(=O)O)C(C)C)c12. The molecule has 102 valence electrons. The Morgan fingerprint density at radius 1 is 1.47 bits per heavy atom. The molecule has 0 radical (unpaired) electrons. The Morgan fingerprint density at radius 3 is 2.84 bits per heavy atom. The van der Waals surface area contributed by atoms with Gasteiger partial charge in [-0.1, -0.05) is 19.0 Å². The molecule has 2 aromatic heterocycles. The number of carboxylic acid groups (broad SMARTS) is 1. The van der Waals surface area contributed by atoms with Crippen LogP contribution in [0.3, 0.4) is 0 Å². The average molecular weight is 264 g/mol. The lowest BCUT2D eigenvalue weighted by molar-refractivity contribution is -0.137. The second-order valence-electron chi connectivity index (χ2n) is 4.76. The van der Waals surface area contributed by atoms with Gasteiger partial charge in [0.1, 0.15) is 17.5 Å². The van der Waals surface area contributed by atoms with Crippen LogP contribution < -0.4 is 5.32 Å². The van der Waals surface area contributed by atoms with Crippen molar-refractivity contribution in [2.45, 2.75) is 33.2 Å². The van der Waals surface area contributed by atoms with Crippen molar-refractivity contribution in [3.8, 4) is 0 Å². The van der Waals surface area contributed by atoms with Crippen LogP contribution in [-0.2, 0) is 4.79 Å². The van der Waals surface area contributed by atoms with Gasteiger partial charge in [0.05, 0.1) is 12.1 Å². The van der Waals surface area contributed by atoms with Gasteiger partial charge in [-0.05, 0) is 12.8 Å². The van der Waals surface area contributed by atoms with Crippen molar-refractivity contribution in [3.63, 3.8) is 0 Å². The van der Waals surface area contributed by atoms with Crippen molar-refractivity contribution in [3.05, 3.63) is 12.0 Å². The number of hydrogen-bond donors (Lipinski definition) is 2. The zero-order valence-electron chi connectivity index (χ0n) is 11.0. The van der Waals surface area contributed by atoms with Gasteiger partial charge in [0, 0.05) is 6.04 Å². The fourth-order valence-corrected chi connectivity index (χ4v) is 1.85. The highest BCUT2D eigenvalue weighted by Gasteiger charge is 2.20. The number of aliphatic carboxylic acids is 1. The van der Waals surface area contributed by atoms with E-state index in [1.165, 1.54) is 6.33 Å². The fraction of sp³-hybridized carbons (Fsp3) is 0.500. The third kappa shape index (κ3) is 2.81. The standard InChI is InChI=1S/C12H16N4O3/c1-6(2)8(4-9(17)18)15-11-10-7(3)16-19-12(10)14-5-13-11/h5-6,8H,4H2,1-3H3,(H,17,18)(H,13,14,15). The van der Waals surface area contributed by atoms with E-state index < -0.39 is 5.97 Å². The Balaban J connectivity index is 2.33. The second kappa shape index (κ2) is 5.21. The molecule has 19 heavy (non-hydrogen) atoms. The molecular weight excluding hydrogens is 248 g/mol. The molecule has 0 fully saturated rings. The summed E-state index contributed by atoms with van der Waals surface area (Å²) in [5.74, 6) is -0.136. The number of nitrogens with zero attached hydrogens (tertiary/aromatic N) is 3. The molecule has 7 nitrogen and oxygen atoms in total. The molecule has 1 atom stereocenters. The highest BCUT2D eigenvalue weighted by Crippen LogP contribution is 2.24. The normalized spacial score (nSPS) is 12.8. The summed E-state index contributed by atoms with van der Waals surface area (Å²) in [6, 6.07) is -0.218. The van der Waals surface area contributed by atoms with Crippen molar-refractivity contribution in [2.24, 2.45) is 5.92 Å². The molecular formula is C12H16N4O3. The molecule has 0 saturated heterocycles. The van der Waals surface area contributed by atoms with Crippen molar-refractivity contribution in [1.29, 1.82) is 0 Å². The average Bonchev–Trinajstić information content (AvgIpc) is 2.71. The van der Waals surface area contributed by atoms with Gasteiger partial charge in [0.25, 0.3) is 5.71 Å². The van der Waals surface area contributed by atoms with E-state index in [1.54, 1.807) is 6.92 Å². The van der Waals surface area contributed by atoms with E-state index >= 15 is 0 Å². The Bertz CT molecular complexity index is 594. The van der Waals surface area contributed by atoms with E-state index in [9.17, 15) is 4.79 Å². The number of aromatic nitrogens is 3. The fourth-order valence-electron chi connectivity index (χ4n) is 1.85. The van der Waals surface area contributed by atoms with Crippen molar-refractivity contribution in [1.82, 2.24) is 15.1 Å². The van der Waals surface area contributed by atoms with Crippen molar-refractivity contribution < 1.29 is 14.4 Å². The lowest BCUT2D eigenvalue weighted by atomic mass is 10.0. The number of rotatable bonds is 5. The molecule has 0 aromatic carbocycles. The first-order valence-corrected chi connectivity index (χ1v) is 6.04. The molecule has 2 N–H and O–H groups in total. The molecule has 0 saturated carbocycles. The summed E-state index contributed by atoms with van der Waals surface area (Å²) in [4.78, 5) is 19.0. The lowest BCUT2D eigenvalue weighted by Crippen LogP contribution is -2.29. The molecule has 0 aliphatic heterocycles. The van der Waals surface area contributed by atoms with E-state index in [0.29, 0.717) is 22.6 Å². The molecule has 0 aliphatic rings. The van der Waals surface area contributed by atoms with Crippen LogP contribution in [0.2, 0.25) is 0 Å². The van der Waals surface area contributed by atoms with Crippen molar-refractivity contribution in [2.75, 3.05) is 5.32 Å². The van der Waals surface area contributed by atoms with Gasteiger partial charge in [-0.15, -0.1) is 0 Å². The number of anilines is 1. The van der Waals surface area contributed by atoms with E-state index in [-0.39, 0.29) is 18.4 Å². The van der Waals surface area contributed by atoms with Crippen LogP contribution >= 0.6 is 0 Å². The van der Waals surface area contributed by atoms with Crippen LogP contribution in [0.15, 0.2) is 10.9 Å². The van der Waals surface area contributed by atoms with Crippen LogP contribution in [0.4, 0.5) is 5.82 Å². The van der Waals surface area contributed by atoms with E-state index in [1.807, 2.05) is 13.8 Å². The number of hydrogen-bond acceptors (Lipinski definition) is 6. The maximum absolute atomic E-state index is 10.9. The molecule has 0 spiro atoms. The van der Waals surface area contributed by atoms with Crippen LogP contribution in [0, 0.1) is 12.8 Å². The topological polar surface area (TPSA) is 101 Å². The maximum Gasteiger partial charge on any atom is 0.305 e. The summed E-state index contributed by atoms with van der Waals surface area (Å²) < 4.78 is 5.06. The third-order valence-corrected chi connectivity index (χ3v) is 2.96. The minimum Gasteiger partial charge on any atom is -0.481 e. The van der Waals surface area contributed by atoms with Gasteiger partial charge in [0.15, 0.2) is 0 Å². The molecule has 0 bridgehead atoms.